The minimum absolute atomic E-state index is 0.0538. The van der Waals surface area contributed by atoms with E-state index in [1.807, 2.05) is 13.0 Å². The number of hydrogen-bond donors (Lipinski definition) is 2. The molecule has 0 aliphatic heterocycles. The van der Waals surface area contributed by atoms with Crippen LogP contribution in [0.3, 0.4) is 0 Å². The van der Waals surface area contributed by atoms with Crippen LogP contribution in [0.4, 0.5) is 5.69 Å². The number of nitrogens with two attached hydrogens (primary N) is 1. The second kappa shape index (κ2) is 4.90. The normalized spacial score (nSPS) is 24.2. The molecule has 0 bridgehead atoms. The Morgan fingerprint density at radius 2 is 2.14 bits per heavy atom. The Bertz CT molecular complexity index is 645. The van der Waals surface area contributed by atoms with Gasteiger partial charge in [-0.2, -0.15) is 0 Å². The molecule has 1 aromatic rings. The second-order valence-electron chi connectivity index (χ2n) is 6.51. The number of phenols is 1. The summed E-state index contributed by atoms with van der Waals surface area (Å²) in [7, 11) is 0. The van der Waals surface area contributed by atoms with Crippen molar-refractivity contribution in [1.82, 2.24) is 0 Å². The van der Waals surface area contributed by atoms with Crippen molar-refractivity contribution in [2.24, 2.45) is 5.41 Å². The van der Waals surface area contributed by atoms with E-state index in [2.05, 4.69) is 6.92 Å². The van der Waals surface area contributed by atoms with Crippen molar-refractivity contribution < 1.29 is 9.90 Å². The largest absolute Gasteiger partial charge is 0.506 e. The van der Waals surface area contributed by atoms with Gasteiger partial charge in [-0.05, 0) is 54.5 Å². The highest BCUT2D eigenvalue weighted by molar-refractivity contribution is 6.06. The van der Waals surface area contributed by atoms with Crippen LogP contribution in [0.5, 0.6) is 5.75 Å². The molecule has 2 aliphatic carbocycles. The molecule has 0 amide bonds. The van der Waals surface area contributed by atoms with Gasteiger partial charge in [0.2, 0.25) is 0 Å². The van der Waals surface area contributed by atoms with E-state index in [1.165, 1.54) is 5.57 Å². The van der Waals surface area contributed by atoms with E-state index in [9.17, 15) is 9.90 Å². The van der Waals surface area contributed by atoms with Crippen LogP contribution < -0.4 is 5.73 Å². The van der Waals surface area contributed by atoms with Gasteiger partial charge in [0.25, 0.3) is 0 Å². The van der Waals surface area contributed by atoms with E-state index in [0.29, 0.717) is 12.1 Å². The van der Waals surface area contributed by atoms with E-state index in [1.54, 1.807) is 6.07 Å². The number of Topliss-reactive ketones (excluding diaryl/α,β-unsaturated/α-hetero) is 1. The van der Waals surface area contributed by atoms with Gasteiger partial charge in [-0.15, -0.1) is 0 Å². The molecule has 112 valence electrons. The number of fused-ring (bicyclic) bond motifs is 3. The van der Waals surface area contributed by atoms with Crippen molar-refractivity contribution in [2.75, 3.05) is 5.73 Å². The number of carbonyl (C=O) groups excluding carboxylic acids is 1. The van der Waals surface area contributed by atoms with Crippen molar-refractivity contribution in [1.29, 1.82) is 0 Å². The van der Waals surface area contributed by atoms with E-state index in [0.717, 1.165) is 48.8 Å². The molecular weight excluding hydrogens is 262 g/mol. The molecule has 0 fully saturated rings. The highest BCUT2D eigenvalue weighted by atomic mass is 16.3. The van der Waals surface area contributed by atoms with Gasteiger partial charge < -0.3 is 10.8 Å². The first-order chi connectivity index (χ1) is 10.00. The van der Waals surface area contributed by atoms with Crippen molar-refractivity contribution in [3.8, 4) is 5.75 Å². The minimum Gasteiger partial charge on any atom is -0.506 e. The van der Waals surface area contributed by atoms with Crippen LogP contribution in [-0.2, 0) is 11.2 Å². The highest BCUT2D eigenvalue weighted by Crippen LogP contribution is 2.58. The molecular formula is C18H23NO2. The number of nitrogen functional groups attached to an aromatic ring is 1. The lowest BCUT2D eigenvalue weighted by atomic mass is 9.67. The monoisotopic (exact) mass is 285 g/mol. The Hall–Kier alpha value is -1.77. The molecule has 0 saturated heterocycles. The van der Waals surface area contributed by atoms with Crippen LogP contribution in [-0.4, -0.2) is 10.9 Å². The van der Waals surface area contributed by atoms with Crippen LogP contribution in [0, 0.1) is 5.41 Å². The number of benzene rings is 1. The Labute approximate surface area is 125 Å². The van der Waals surface area contributed by atoms with E-state index >= 15 is 0 Å². The van der Waals surface area contributed by atoms with E-state index < -0.39 is 0 Å². The highest BCUT2D eigenvalue weighted by Gasteiger charge is 2.46. The third-order valence-electron chi connectivity index (χ3n) is 5.28. The van der Waals surface area contributed by atoms with Crippen molar-refractivity contribution in [3.05, 3.63) is 28.8 Å². The first-order valence-corrected chi connectivity index (χ1v) is 7.85. The molecule has 0 radical (unpaired) electrons. The third kappa shape index (κ3) is 1.98. The van der Waals surface area contributed by atoms with E-state index in [-0.39, 0.29) is 16.9 Å². The first kappa shape index (κ1) is 14.2. The molecule has 0 spiro atoms. The summed E-state index contributed by atoms with van der Waals surface area (Å²) >= 11 is 0. The summed E-state index contributed by atoms with van der Waals surface area (Å²) in [5.41, 5.74) is 10.9. The molecule has 0 saturated carbocycles. The Kier molecular flexibility index (Phi) is 3.31. The molecule has 0 heterocycles. The summed E-state index contributed by atoms with van der Waals surface area (Å²) in [6.45, 7) is 4.15. The molecule has 3 N–H and O–H groups in total. The molecule has 3 nitrogen and oxygen atoms in total. The molecule has 1 unspecified atom stereocenters. The van der Waals surface area contributed by atoms with E-state index in [4.69, 9.17) is 5.73 Å². The summed E-state index contributed by atoms with van der Waals surface area (Å²) in [6, 6.07) is 3.59. The number of ketones is 1. The maximum Gasteiger partial charge on any atom is 0.158 e. The smallest absolute Gasteiger partial charge is 0.158 e. The molecule has 1 atom stereocenters. The minimum atomic E-state index is 0.0538. The van der Waals surface area contributed by atoms with Crippen molar-refractivity contribution in [2.45, 2.75) is 52.4 Å². The average molecular weight is 285 g/mol. The van der Waals surface area contributed by atoms with Crippen LogP contribution in [0.15, 0.2) is 17.7 Å². The fourth-order valence-electron chi connectivity index (χ4n) is 4.14. The molecule has 21 heavy (non-hydrogen) atoms. The van der Waals surface area contributed by atoms with Gasteiger partial charge in [-0.3, -0.25) is 4.79 Å². The van der Waals surface area contributed by atoms with Gasteiger partial charge in [0.1, 0.15) is 5.75 Å². The average Bonchev–Trinajstić information content (AvgIpc) is 2.81. The van der Waals surface area contributed by atoms with Gasteiger partial charge in [-0.25, -0.2) is 0 Å². The lowest BCUT2D eigenvalue weighted by Crippen LogP contribution is -2.28. The topological polar surface area (TPSA) is 63.3 Å². The Morgan fingerprint density at radius 3 is 2.86 bits per heavy atom. The summed E-state index contributed by atoms with van der Waals surface area (Å²) in [4.78, 5) is 12.2. The number of allylic oxidation sites excluding steroid dienone is 2. The zero-order chi connectivity index (χ0) is 15.2. The maximum absolute atomic E-state index is 12.2. The second-order valence-corrected chi connectivity index (χ2v) is 6.51. The summed E-state index contributed by atoms with van der Waals surface area (Å²) in [5.74, 6) is 0.416. The molecule has 2 aliphatic rings. The summed E-state index contributed by atoms with van der Waals surface area (Å²) in [5, 5.41) is 9.89. The molecule has 3 rings (SSSR count). The van der Waals surface area contributed by atoms with Crippen LogP contribution >= 0.6 is 0 Å². The predicted octanol–water partition coefficient (Wildman–Crippen LogP) is 3.84. The third-order valence-corrected chi connectivity index (χ3v) is 5.28. The van der Waals surface area contributed by atoms with Gasteiger partial charge in [0.15, 0.2) is 5.78 Å². The van der Waals surface area contributed by atoms with Crippen LogP contribution in [0.2, 0.25) is 0 Å². The zero-order valence-corrected chi connectivity index (χ0v) is 12.8. The fraction of sp³-hybridized carbons (Fsp3) is 0.500. The van der Waals surface area contributed by atoms with Gasteiger partial charge in [-0.1, -0.05) is 25.8 Å². The van der Waals surface area contributed by atoms with Crippen molar-refractivity contribution in [3.63, 3.8) is 0 Å². The molecule has 3 heteroatoms. The number of hydrogen-bond acceptors (Lipinski definition) is 3. The summed E-state index contributed by atoms with van der Waals surface area (Å²) in [6.07, 6.45) is 5.82. The van der Waals surface area contributed by atoms with Crippen LogP contribution in [0.25, 0.3) is 5.57 Å². The Morgan fingerprint density at radius 1 is 1.38 bits per heavy atom. The van der Waals surface area contributed by atoms with Crippen LogP contribution in [0.1, 0.15) is 57.1 Å². The lowest BCUT2D eigenvalue weighted by molar-refractivity contribution is -0.116. The SMILES string of the molecule is CCCCC12CCC(=O)C(C)=C1c1ccc(O)c(N)c1C2. The number of phenolic OH excluding ortho intramolecular Hbond substituents is 1. The molecule has 0 aromatic heterocycles. The standard InChI is InChI=1S/C18H23NO2/c1-3-4-8-18-9-7-14(20)11(2)16(18)12-5-6-15(21)17(19)13(12)10-18/h5-6,21H,3-4,7-10,19H2,1-2H3. The van der Waals surface area contributed by atoms with Gasteiger partial charge in [0, 0.05) is 11.8 Å². The quantitative estimate of drug-likeness (QED) is 0.655. The zero-order valence-electron chi connectivity index (χ0n) is 12.8. The van der Waals surface area contributed by atoms with Gasteiger partial charge in [0.05, 0.1) is 5.69 Å². The molecule has 1 aromatic carbocycles. The number of unbranched alkanes of at least 4 members (excludes halogenated alkanes) is 1. The van der Waals surface area contributed by atoms with Crippen molar-refractivity contribution >= 4 is 17.0 Å². The summed E-state index contributed by atoms with van der Waals surface area (Å²) < 4.78 is 0. The number of rotatable bonds is 3. The number of anilines is 1. The Balaban J connectivity index is 2.19. The number of carbonyl (C=O) groups is 1. The first-order valence-electron chi connectivity index (χ1n) is 7.85. The maximum atomic E-state index is 12.2. The van der Waals surface area contributed by atoms with Gasteiger partial charge >= 0.3 is 0 Å². The number of aromatic hydroxyl groups is 1. The lowest BCUT2D eigenvalue weighted by Gasteiger charge is -2.36. The predicted molar refractivity (Wildman–Crippen MR) is 85.0 cm³/mol. The fourth-order valence-corrected chi connectivity index (χ4v) is 4.14.